The molecule has 0 aliphatic carbocycles. The Balaban J connectivity index is 2.36. The number of imidazole rings is 1. The zero-order valence-electron chi connectivity index (χ0n) is 7.72. The minimum Gasteiger partial charge on any atom is -0.481 e. The number of fused-ring (bicyclic) bond motifs is 1. The number of hydrogen-bond donors (Lipinski definition) is 1. The number of carbonyl (C=O) groups is 1. The lowest BCUT2D eigenvalue weighted by Gasteiger charge is -1.93. The van der Waals surface area contributed by atoms with Gasteiger partial charge in [-0.25, -0.2) is 9.50 Å². The van der Waals surface area contributed by atoms with Crippen molar-refractivity contribution in [2.45, 2.75) is 12.8 Å². The van der Waals surface area contributed by atoms with Crippen LogP contribution in [0.2, 0.25) is 0 Å². The van der Waals surface area contributed by atoms with E-state index in [9.17, 15) is 4.79 Å². The van der Waals surface area contributed by atoms with Crippen LogP contribution >= 0.6 is 15.9 Å². The largest absolute Gasteiger partial charge is 0.481 e. The van der Waals surface area contributed by atoms with Crippen LogP contribution < -0.4 is 0 Å². The van der Waals surface area contributed by atoms with Gasteiger partial charge in [-0.1, -0.05) is 0 Å². The van der Waals surface area contributed by atoms with Gasteiger partial charge in [-0.3, -0.25) is 4.79 Å². The molecule has 0 atom stereocenters. The van der Waals surface area contributed by atoms with E-state index in [1.807, 2.05) is 6.07 Å². The third-order valence-electron chi connectivity index (χ3n) is 1.98. The molecule has 1 N–H and O–H groups in total. The number of hydrogen-bond acceptors (Lipinski definition) is 3. The Morgan fingerprint density at radius 2 is 2.40 bits per heavy atom. The van der Waals surface area contributed by atoms with E-state index >= 15 is 0 Å². The number of carboxylic acid groups (broad SMARTS) is 1. The van der Waals surface area contributed by atoms with Gasteiger partial charge in [0.2, 0.25) is 0 Å². The van der Waals surface area contributed by atoms with Gasteiger partial charge >= 0.3 is 5.97 Å². The summed E-state index contributed by atoms with van der Waals surface area (Å²) in [6.07, 6.45) is 2.13. The van der Waals surface area contributed by atoms with Crippen molar-refractivity contribution in [1.29, 1.82) is 0 Å². The van der Waals surface area contributed by atoms with E-state index in [0.29, 0.717) is 12.1 Å². The zero-order chi connectivity index (χ0) is 10.8. The molecule has 15 heavy (non-hydrogen) atoms. The summed E-state index contributed by atoms with van der Waals surface area (Å²) in [5.41, 5.74) is 1.43. The van der Waals surface area contributed by atoms with Crippen molar-refractivity contribution in [3.63, 3.8) is 0 Å². The number of aromatic nitrogens is 3. The highest BCUT2D eigenvalue weighted by Gasteiger charge is 2.11. The predicted molar refractivity (Wildman–Crippen MR) is 56.6 cm³/mol. The van der Waals surface area contributed by atoms with Crippen molar-refractivity contribution in [2.75, 3.05) is 0 Å². The summed E-state index contributed by atoms with van der Waals surface area (Å²) in [6.45, 7) is 0. The molecule has 6 heteroatoms. The van der Waals surface area contributed by atoms with Crippen molar-refractivity contribution in [3.8, 4) is 0 Å². The second kappa shape index (κ2) is 3.98. The summed E-state index contributed by atoms with van der Waals surface area (Å²) >= 11 is 3.35. The smallest absolute Gasteiger partial charge is 0.303 e. The Kier molecular flexibility index (Phi) is 2.68. The molecule has 0 unspecified atom stereocenters. The first-order chi connectivity index (χ1) is 7.18. The first-order valence-corrected chi connectivity index (χ1v) is 5.17. The van der Waals surface area contributed by atoms with Crippen molar-refractivity contribution in [2.24, 2.45) is 0 Å². The van der Waals surface area contributed by atoms with Crippen molar-refractivity contribution >= 4 is 27.5 Å². The highest BCUT2D eigenvalue weighted by molar-refractivity contribution is 9.10. The number of nitrogens with zero attached hydrogens (tertiary/aromatic N) is 3. The molecule has 0 bridgehead atoms. The number of rotatable bonds is 3. The highest BCUT2D eigenvalue weighted by Crippen LogP contribution is 2.18. The molecule has 2 rings (SSSR count). The molecule has 0 aliphatic rings. The average Bonchev–Trinajstić information content (AvgIpc) is 2.54. The summed E-state index contributed by atoms with van der Waals surface area (Å²) in [6, 6.07) is 3.61. The van der Waals surface area contributed by atoms with E-state index < -0.39 is 5.97 Å². The van der Waals surface area contributed by atoms with Gasteiger partial charge in [0.05, 0.1) is 12.1 Å². The predicted octanol–water partition coefficient (Wildman–Crippen LogP) is 1.51. The van der Waals surface area contributed by atoms with E-state index in [2.05, 4.69) is 26.0 Å². The molecule has 0 saturated heterocycles. The molecule has 0 spiro atoms. The molecule has 0 aliphatic heterocycles. The van der Waals surface area contributed by atoms with E-state index in [1.54, 1.807) is 16.8 Å². The van der Waals surface area contributed by atoms with Crippen molar-refractivity contribution in [1.82, 2.24) is 14.6 Å². The summed E-state index contributed by atoms with van der Waals surface area (Å²) in [5, 5.41) is 12.7. The van der Waals surface area contributed by atoms with Gasteiger partial charge in [-0.2, -0.15) is 5.10 Å². The normalized spacial score (nSPS) is 10.7. The standard InChI is InChI=1S/C9H8BrN3O2/c10-9-6(3-4-8(14)15)12-7-2-1-5-11-13(7)9/h1-2,5H,3-4H2,(H,14,15). The monoisotopic (exact) mass is 269 g/mol. The lowest BCUT2D eigenvalue weighted by molar-refractivity contribution is -0.136. The minimum absolute atomic E-state index is 0.0719. The Hall–Kier alpha value is -1.43. The molecule has 2 aromatic heterocycles. The second-order valence-corrected chi connectivity index (χ2v) is 3.79. The van der Waals surface area contributed by atoms with Crippen molar-refractivity contribution in [3.05, 3.63) is 28.6 Å². The highest BCUT2D eigenvalue weighted by atomic mass is 79.9. The molecule has 2 heterocycles. The molecular weight excluding hydrogens is 262 g/mol. The van der Waals surface area contributed by atoms with Crippen LogP contribution in [-0.2, 0) is 11.2 Å². The van der Waals surface area contributed by atoms with E-state index in [0.717, 1.165) is 10.3 Å². The summed E-state index contributed by atoms with van der Waals surface area (Å²) in [5.74, 6) is -0.827. The quantitative estimate of drug-likeness (QED) is 0.917. The number of aliphatic carboxylic acids is 1. The second-order valence-electron chi connectivity index (χ2n) is 3.04. The van der Waals surface area contributed by atoms with Gasteiger partial charge in [0, 0.05) is 12.6 Å². The molecule has 0 fully saturated rings. The molecule has 2 aromatic rings. The molecule has 78 valence electrons. The number of halogens is 1. The maximum absolute atomic E-state index is 10.4. The third-order valence-corrected chi connectivity index (χ3v) is 2.77. The SMILES string of the molecule is O=C(O)CCc1nc2cccnn2c1Br. The Morgan fingerprint density at radius 1 is 1.60 bits per heavy atom. The molecule has 5 nitrogen and oxygen atoms in total. The fourth-order valence-electron chi connectivity index (χ4n) is 1.29. The Bertz CT molecular complexity index is 509. The van der Waals surface area contributed by atoms with E-state index in [-0.39, 0.29) is 6.42 Å². The van der Waals surface area contributed by atoms with Gasteiger partial charge in [-0.05, 0) is 28.1 Å². The van der Waals surface area contributed by atoms with Crippen LogP contribution in [0.25, 0.3) is 5.65 Å². The minimum atomic E-state index is -0.827. The van der Waals surface area contributed by atoms with Crippen molar-refractivity contribution < 1.29 is 9.90 Å². The van der Waals surface area contributed by atoms with Crippen LogP contribution in [0, 0.1) is 0 Å². The first-order valence-electron chi connectivity index (χ1n) is 4.38. The Labute approximate surface area is 93.9 Å². The van der Waals surface area contributed by atoms with Crippen LogP contribution in [0.15, 0.2) is 22.9 Å². The van der Waals surface area contributed by atoms with Crippen LogP contribution in [0.1, 0.15) is 12.1 Å². The van der Waals surface area contributed by atoms with Crippen LogP contribution in [0.5, 0.6) is 0 Å². The number of carboxylic acids is 1. The van der Waals surface area contributed by atoms with Gasteiger partial charge < -0.3 is 5.11 Å². The fourth-order valence-corrected chi connectivity index (χ4v) is 1.85. The summed E-state index contributed by atoms with van der Waals surface area (Å²) in [7, 11) is 0. The number of aryl methyl sites for hydroxylation is 1. The summed E-state index contributed by atoms with van der Waals surface area (Å²) < 4.78 is 2.36. The summed E-state index contributed by atoms with van der Waals surface area (Å²) in [4.78, 5) is 14.7. The first kappa shape index (κ1) is 10.1. The lowest BCUT2D eigenvalue weighted by atomic mass is 10.2. The van der Waals surface area contributed by atoms with Gasteiger partial charge in [-0.15, -0.1) is 0 Å². The average molecular weight is 270 g/mol. The van der Waals surface area contributed by atoms with Gasteiger partial charge in [0.1, 0.15) is 4.60 Å². The third kappa shape index (κ3) is 1.99. The maximum Gasteiger partial charge on any atom is 0.303 e. The fraction of sp³-hybridized carbons (Fsp3) is 0.222. The van der Waals surface area contributed by atoms with E-state index in [1.165, 1.54) is 0 Å². The van der Waals surface area contributed by atoms with Crippen LogP contribution in [0.4, 0.5) is 0 Å². The topological polar surface area (TPSA) is 67.5 Å². The van der Waals surface area contributed by atoms with Gasteiger partial charge in [0.15, 0.2) is 5.65 Å². The zero-order valence-corrected chi connectivity index (χ0v) is 9.31. The van der Waals surface area contributed by atoms with Gasteiger partial charge in [0.25, 0.3) is 0 Å². The molecule has 0 amide bonds. The lowest BCUT2D eigenvalue weighted by Crippen LogP contribution is -1.98. The molecular formula is C9H8BrN3O2. The van der Waals surface area contributed by atoms with Crippen LogP contribution in [-0.4, -0.2) is 25.7 Å². The van der Waals surface area contributed by atoms with Crippen LogP contribution in [0.3, 0.4) is 0 Å². The maximum atomic E-state index is 10.4. The van der Waals surface area contributed by atoms with E-state index in [4.69, 9.17) is 5.11 Å². The molecule has 0 radical (unpaired) electrons. The Morgan fingerprint density at radius 3 is 3.07 bits per heavy atom. The molecule has 0 aromatic carbocycles. The molecule has 0 saturated carbocycles.